The Morgan fingerprint density at radius 3 is 3.05 bits per heavy atom. The highest BCUT2D eigenvalue weighted by atomic mass is 16.3. The fraction of sp³-hybridized carbons (Fsp3) is 0.500. The molecule has 0 saturated carbocycles. The smallest absolute Gasteiger partial charge is 0.216 e. The third kappa shape index (κ3) is 4.08. The van der Waals surface area contributed by atoms with E-state index in [2.05, 4.69) is 37.3 Å². The number of furan rings is 1. The average molecular weight is 290 g/mol. The quantitative estimate of drug-likeness (QED) is 0.627. The minimum Gasteiger partial charge on any atom is -0.461 e. The number of aromatic amines is 1. The Morgan fingerprint density at radius 1 is 1.52 bits per heavy atom. The highest BCUT2D eigenvalue weighted by Gasteiger charge is 2.10. The average Bonchev–Trinajstić information content (AvgIpc) is 3.16. The van der Waals surface area contributed by atoms with Crippen LogP contribution in [0.1, 0.15) is 25.6 Å². The number of nitrogens with zero attached hydrogens (tertiary/aromatic N) is 4. The van der Waals surface area contributed by atoms with E-state index in [-0.39, 0.29) is 0 Å². The van der Waals surface area contributed by atoms with E-state index in [0.717, 1.165) is 31.2 Å². The summed E-state index contributed by atoms with van der Waals surface area (Å²) in [4.78, 5) is 10.8. The van der Waals surface area contributed by atoms with Crippen molar-refractivity contribution < 1.29 is 4.42 Å². The number of nitrogens with one attached hydrogen (secondary N) is 2. The number of guanidine groups is 1. The molecule has 0 aliphatic heterocycles. The molecule has 114 valence electrons. The molecular formula is C14H22N6O. The first-order valence-corrected chi connectivity index (χ1v) is 7.11. The Morgan fingerprint density at radius 2 is 2.38 bits per heavy atom. The fourth-order valence-corrected chi connectivity index (χ4v) is 1.94. The van der Waals surface area contributed by atoms with Crippen molar-refractivity contribution in [3.8, 4) is 11.6 Å². The summed E-state index contributed by atoms with van der Waals surface area (Å²) < 4.78 is 5.26. The van der Waals surface area contributed by atoms with Crippen LogP contribution in [-0.2, 0) is 6.54 Å². The van der Waals surface area contributed by atoms with E-state index >= 15 is 0 Å². The molecule has 2 N–H and O–H groups in total. The maximum Gasteiger partial charge on any atom is 0.216 e. The second kappa shape index (κ2) is 7.47. The third-order valence-electron chi connectivity index (χ3n) is 3.11. The Hall–Kier alpha value is -2.31. The molecule has 21 heavy (non-hydrogen) atoms. The summed E-state index contributed by atoms with van der Waals surface area (Å²) in [5.74, 6) is 2.80. The molecule has 2 aromatic heterocycles. The lowest BCUT2D eigenvalue weighted by atomic mass is 10.3. The predicted octanol–water partition coefficient (Wildman–Crippen LogP) is 1.87. The zero-order valence-electron chi connectivity index (χ0n) is 12.8. The number of unbranched alkanes of at least 4 members (excludes halogenated alkanes) is 1. The van der Waals surface area contributed by atoms with Crippen LogP contribution in [0.2, 0.25) is 0 Å². The van der Waals surface area contributed by atoms with Gasteiger partial charge in [0.1, 0.15) is 5.82 Å². The van der Waals surface area contributed by atoms with Gasteiger partial charge in [-0.15, -0.1) is 5.10 Å². The first kappa shape index (κ1) is 15.1. The molecule has 0 spiro atoms. The number of aromatic nitrogens is 3. The summed E-state index contributed by atoms with van der Waals surface area (Å²) in [6.07, 6.45) is 3.91. The summed E-state index contributed by atoms with van der Waals surface area (Å²) >= 11 is 0. The largest absolute Gasteiger partial charge is 0.461 e. The molecule has 2 rings (SSSR count). The highest BCUT2D eigenvalue weighted by molar-refractivity contribution is 5.79. The van der Waals surface area contributed by atoms with Crippen LogP contribution in [0.4, 0.5) is 0 Å². The number of hydrogen-bond acceptors (Lipinski definition) is 4. The van der Waals surface area contributed by atoms with E-state index in [4.69, 9.17) is 4.42 Å². The Labute approximate surface area is 124 Å². The van der Waals surface area contributed by atoms with Crippen molar-refractivity contribution in [3.05, 3.63) is 24.2 Å². The fourth-order valence-electron chi connectivity index (χ4n) is 1.94. The SMILES string of the molecule is CCCCN(C)C(=NC)NCc1nc(-c2ccco2)n[nH]1. The molecule has 0 aliphatic carbocycles. The molecule has 0 radical (unpaired) electrons. The second-order valence-electron chi connectivity index (χ2n) is 4.76. The van der Waals surface area contributed by atoms with Crippen molar-refractivity contribution in [3.63, 3.8) is 0 Å². The molecule has 0 unspecified atom stereocenters. The lowest BCUT2D eigenvalue weighted by molar-refractivity contribution is 0.463. The van der Waals surface area contributed by atoms with Gasteiger partial charge >= 0.3 is 0 Å². The lowest BCUT2D eigenvalue weighted by Crippen LogP contribution is -2.39. The number of hydrogen-bond donors (Lipinski definition) is 2. The maximum absolute atomic E-state index is 5.26. The molecule has 2 aromatic rings. The van der Waals surface area contributed by atoms with Gasteiger partial charge in [0, 0.05) is 20.6 Å². The number of H-pyrrole nitrogens is 1. The Bertz CT molecular complexity index is 560. The summed E-state index contributed by atoms with van der Waals surface area (Å²) in [7, 11) is 3.80. The second-order valence-corrected chi connectivity index (χ2v) is 4.76. The molecule has 0 amide bonds. The van der Waals surface area contributed by atoms with Crippen molar-refractivity contribution in [1.82, 2.24) is 25.4 Å². The highest BCUT2D eigenvalue weighted by Crippen LogP contribution is 2.14. The summed E-state index contributed by atoms with van der Waals surface area (Å²) in [6.45, 7) is 3.69. The summed E-state index contributed by atoms with van der Waals surface area (Å²) in [5.41, 5.74) is 0. The van der Waals surface area contributed by atoms with Gasteiger partial charge in [-0.25, -0.2) is 4.98 Å². The zero-order chi connectivity index (χ0) is 15.1. The van der Waals surface area contributed by atoms with E-state index in [1.165, 1.54) is 0 Å². The van der Waals surface area contributed by atoms with Gasteiger partial charge in [0.2, 0.25) is 5.82 Å². The van der Waals surface area contributed by atoms with E-state index in [9.17, 15) is 0 Å². The lowest BCUT2D eigenvalue weighted by Gasteiger charge is -2.21. The molecule has 7 heteroatoms. The third-order valence-corrected chi connectivity index (χ3v) is 3.11. The van der Waals surface area contributed by atoms with Crippen LogP contribution >= 0.6 is 0 Å². The molecular weight excluding hydrogens is 268 g/mol. The first-order chi connectivity index (χ1) is 10.2. The van der Waals surface area contributed by atoms with Gasteiger partial charge in [-0.05, 0) is 18.6 Å². The Kier molecular flexibility index (Phi) is 5.36. The molecule has 0 bridgehead atoms. The van der Waals surface area contributed by atoms with Crippen LogP contribution in [-0.4, -0.2) is 46.7 Å². The van der Waals surface area contributed by atoms with Crippen LogP contribution < -0.4 is 5.32 Å². The van der Waals surface area contributed by atoms with Crippen molar-refractivity contribution in [1.29, 1.82) is 0 Å². The molecule has 0 atom stereocenters. The summed E-state index contributed by atoms with van der Waals surface area (Å²) in [6, 6.07) is 3.64. The van der Waals surface area contributed by atoms with Gasteiger partial charge in [-0.2, -0.15) is 0 Å². The van der Waals surface area contributed by atoms with Crippen molar-refractivity contribution in [2.24, 2.45) is 4.99 Å². The van der Waals surface area contributed by atoms with Crippen molar-refractivity contribution in [2.75, 3.05) is 20.6 Å². The molecule has 0 saturated heterocycles. The van der Waals surface area contributed by atoms with Gasteiger partial charge in [0.15, 0.2) is 11.7 Å². The maximum atomic E-state index is 5.26. The minimum atomic E-state index is 0.539. The van der Waals surface area contributed by atoms with Crippen molar-refractivity contribution >= 4 is 5.96 Å². The first-order valence-electron chi connectivity index (χ1n) is 7.11. The summed E-state index contributed by atoms with van der Waals surface area (Å²) in [5, 5.41) is 10.3. The topological polar surface area (TPSA) is 82.3 Å². The van der Waals surface area contributed by atoms with Crippen LogP contribution in [0.15, 0.2) is 27.8 Å². The van der Waals surface area contributed by atoms with Crippen LogP contribution in [0, 0.1) is 0 Å². The molecule has 2 heterocycles. The standard InChI is InChI=1S/C14H22N6O/c1-4-5-8-20(3)14(15-2)16-10-12-17-13(19-18-12)11-7-6-9-21-11/h6-7,9H,4-5,8,10H2,1-3H3,(H,15,16)(H,17,18,19). The van der Waals surface area contributed by atoms with Crippen molar-refractivity contribution in [2.45, 2.75) is 26.3 Å². The van der Waals surface area contributed by atoms with E-state index in [1.54, 1.807) is 13.3 Å². The van der Waals surface area contributed by atoms with E-state index in [0.29, 0.717) is 18.1 Å². The van der Waals surface area contributed by atoms with Gasteiger partial charge in [0.25, 0.3) is 0 Å². The normalized spacial score (nSPS) is 11.7. The molecule has 0 fully saturated rings. The van der Waals surface area contributed by atoms with Crippen LogP contribution in [0.25, 0.3) is 11.6 Å². The molecule has 0 aromatic carbocycles. The van der Waals surface area contributed by atoms with Gasteiger partial charge in [-0.1, -0.05) is 13.3 Å². The van der Waals surface area contributed by atoms with Gasteiger partial charge in [0.05, 0.1) is 12.8 Å². The zero-order valence-corrected chi connectivity index (χ0v) is 12.8. The van der Waals surface area contributed by atoms with Crippen LogP contribution in [0.3, 0.4) is 0 Å². The Balaban J connectivity index is 1.90. The minimum absolute atomic E-state index is 0.539. The van der Waals surface area contributed by atoms with Crippen LogP contribution in [0.5, 0.6) is 0 Å². The number of aliphatic imine (C=N–C) groups is 1. The molecule has 0 aliphatic rings. The van der Waals surface area contributed by atoms with Gasteiger partial charge < -0.3 is 14.6 Å². The molecule has 7 nitrogen and oxygen atoms in total. The van der Waals surface area contributed by atoms with Gasteiger partial charge in [-0.3, -0.25) is 10.1 Å². The van der Waals surface area contributed by atoms with E-state index in [1.807, 2.05) is 19.2 Å². The predicted molar refractivity (Wildman–Crippen MR) is 81.8 cm³/mol. The monoisotopic (exact) mass is 290 g/mol. The number of rotatable bonds is 6. The van der Waals surface area contributed by atoms with E-state index < -0.39 is 0 Å².